The van der Waals surface area contributed by atoms with Crippen LogP contribution in [0.15, 0.2) is 0 Å². The fraction of sp³-hybridized carbons (Fsp3) is 0.833. The molecule has 0 atom stereocenters. The number of thioether (sulfide) groups is 1. The van der Waals surface area contributed by atoms with E-state index in [2.05, 4.69) is 6.92 Å². The Hall–Kier alpha value is -0.710. The number of nitrogens with zero attached hydrogens (tertiary/aromatic N) is 1. The van der Waals surface area contributed by atoms with Crippen LogP contribution < -0.4 is 0 Å². The molecule has 0 saturated heterocycles. The average Bonchev–Trinajstić information content (AvgIpc) is 3.06. The van der Waals surface area contributed by atoms with E-state index in [0.717, 1.165) is 31.4 Å². The van der Waals surface area contributed by atoms with Crippen molar-refractivity contribution in [3.8, 4) is 0 Å². The van der Waals surface area contributed by atoms with E-state index < -0.39 is 5.97 Å². The number of hydrogen-bond acceptors (Lipinski definition) is 3. The molecule has 0 spiro atoms. The van der Waals surface area contributed by atoms with Crippen molar-refractivity contribution in [1.82, 2.24) is 4.90 Å². The molecule has 0 unspecified atom stereocenters. The van der Waals surface area contributed by atoms with Gasteiger partial charge in [0, 0.05) is 6.54 Å². The van der Waals surface area contributed by atoms with Crippen LogP contribution in [0.3, 0.4) is 0 Å². The quantitative estimate of drug-likeness (QED) is 0.642. The molecule has 0 bridgehead atoms. The maximum absolute atomic E-state index is 11.8. The van der Waals surface area contributed by atoms with Crippen molar-refractivity contribution < 1.29 is 14.7 Å². The first-order chi connectivity index (χ1) is 8.13. The van der Waals surface area contributed by atoms with Gasteiger partial charge in [0.25, 0.3) is 0 Å². The predicted molar refractivity (Wildman–Crippen MR) is 69.2 cm³/mol. The lowest BCUT2D eigenvalue weighted by molar-refractivity contribution is -0.143. The van der Waals surface area contributed by atoms with Gasteiger partial charge in [0.1, 0.15) is 6.54 Å². The van der Waals surface area contributed by atoms with Gasteiger partial charge in [0.15, 0.2) is 0 Å². The Morgan fingerprint density at radius 2 is 2.12 bits per heavy atom. The third-order valence-electron chi connectivity index (χ3n) is 2.72. The second kappa shape index (κ2) is 7.58. The van der Waals surface area contributed by atoms with Crippen LogP contribution in [-0.2, 0) is 9.59 Å². The molecule has 0 aliphatic heterocycles. The van der Waals surface area contributed by atoms with Crippen LogP contribution in [0.4, 0.5) is 0 Å². The van der Waals surface area contributed by atoms with Crippen LogP contribution >= 0.6 is 11.8 Å². The predicted octanol–water partition coefficient (Wildman–Crippen LogP) is 1.84. The minimum atomic E-state index is -0.919. The van der Waals surface area contributed by atoms with E-state index in [1.54, 1.807) is 11.8 Å². The number of hydrogen-bond donors (Lipinski definition) is 1. The number of carbonyl (C=O) groups is 2. The highest BCUT2D eigenvalue weighted by molar-refractivity contribution is 7.99. The molecule has 1 fully saturated rings. The number of carbonyl (C=O) groups excluding carboxylic acids is 1. The van der Waals surface area contributed by atoms with Crippen LogP contribution in [0.25, 0.3) is 0 Å². The molecule has 1 N–H and O–H groups in total. The number of amides is 1. The topological polar surface area (TPSA) is 57.6 Å². The zero-order chi connectivity index (χ0) is 12.7. The minimum Gasteiger partial charge on any atom is -0.480 e. The zero-order valence-electron chi connectivity index (χ0n) is 10.4. The second-order valence-corrected chi connectivity index (χ2v) is 5.62. The summed E-state index contributed by atoms with van der Waals surface area (Å²) in [5.41, 5.74) is 0. The summed E-state index contributed by atoms with van der Waals surface area (Å²) < 4.78 is 0. The van der Waals surface area contributed by atoms with E-state index in [1.807, 2.05) is 0 Å². The number of carboxylic acids is 1. The van der Waals surface area contributed by atoms with Gasteiger partial charge in [-0.1, -0.05) is 13.3 Å². The van der Waals surface area contributed by atoms with E-state index in [4.69, 9.17) is 5.11 Å². The first kappa shape index (κ1) is 14.4. The lowest BCUT2D eigenvalue weighted by Gasteiger charge is -2.20. The highest BCUT2D eigenvalue weighted by atomic mass is 32.2. The first-order valence-corrected chi connectivity index (χ1v) is 7.36. The molecule has 98 valence electrons. The molecule has 0 heterocycles. The molecule has 17 heavy (non-hydrogen) atoms. The van der Waals surface area contributed by atoms with Crippen LogP contribution in [0, 0.1) is 5.92 Å². The highest BCUT2D eigenvalue weighted by Gasteiger charge is 2.27. The average molecular weight is 259 g/mol. The van der Waals surface area contributed by atoms with Crippen LogP contribution in [-0.4, -0.2) is 46.5 Å². The van der Waals surface area contributed by atoms with E-state index in [9.17, 15) is 9.59 Å². The zero-order valence-corrected chi connectivity index (χ0v) is 11.2. The van der Waals surface area contributed by atoms with E-state index in [-0.39, 0.29) is 12.5 Å². The van der Waals surface area contributed by atoms with Crippen molar-refractivity contribution in [2.24, 2.45) is 5.92 Å². The van der Waals surface area contributed by atoms with Crippen LogP contribution in [0.5, 0.6) is 0 Å². The molecular formula is C12H21NO3S. The smallest absolute Gasteiger partial charge is 0.323 e. The summed E-state index contributed by atoms with van der Waals surface area (Å²) in [6, 6.07) is 0. The molecule has 1 rings (SSSR count). The molecule has 0 aromatic heterocycles. The number of unbranched alkanes of at least 4 members (excludes halogenated alkanes) is 1. The van der Waals surface area contributed by atoms with Crippen molar-refractivity contribution in [3.05, 3.63) is 0 Å². The summed E-state index contributed by atoms with van der Waals surface area (Å²) in [6.07, 6.45) is 4.50. The van der Waals surface area contributed by atoms with Gasteiger partial charge >= 0.3 is 5.97 Å². The van der Waals surface area contributed by atoms with Crippen LogP contribution in [0.2, 0.25) is 0 Å². The van der Waals surface area contributed by atoms with Gasteiger partial charge in [-0.3, -0.25) is 9.59 Å². The normalized spacial score (nSPS) is 14.6. The molecule has 1 aliphatic carbocycles. The SMILES string of the molecule is CCCCSCC(=O)N(CC(=O)O)CC1CC1. The summed E-state index contributed by atoms with van der Waals surface area (Å²) in [7, 11) is 0. The molecule has 1 saturated carbocycles. The van der Waals surface area contributed by atoms with Gasteiger partial charge in [0.2, 0.25) is 5.91 Å². The van der Waals surface area contributed by atoms with Crippen molar-refractivity contribution >= 4 is 23.6 Å². The summed E-state index contributed by atoms with van der Waals surface area (Å²) in [5, 5.41) is 8.78. The number of carboxylic acid groups (broad SMARTS) is 1. The van der Waals surface area contributed by atoms with Crippen LogP contribution in [0.1, 0.15) is 32.6 Å². The van der Waals surface area contributed by atoms with Gasteiger partial charge in [-0.25, -0.2) is 0 Å². The molecule has 0 aromatic rings. The molecule has 5 heteroatoms. The fourth-order valence-corrected chi connectivity index (χ4v) is 2.52. The Balaban J connectivity index is 2.27. The molecule has 0 aromatic carbocycles. The van der Waals surface area contributed by atoms with Gasteiger partial charge < -0.3 is 10.0 Å². The monoisotopic (exact) mass is 259 g/mol. The molecule has 1 amide bonds. The summed E-state index contributed by atoms with van der Waals surface area (Å²) in [4.78, 5) is 24.0. The van der Waals surface area contributed by atoms with E-state index >= 15 is 0 Å². The second-order valence-electron chi connectivity index (χ2n) is 4.52. The van der Waals surface area contributed by atoms with Crippen molar-refractivity contribution in [3.63, 3.8) is 0 Å². The highest BCUT2D eigenvalue weighted by Crippen LogP contribution is 2.29. The Morgan fingerprint density at radius 1 is 1.41 bits per heavy atom. The standard InChI is InChI=1S/C12H21NO3S/c1-2-3-6-17-9-11(14)13(8-12(15)16)7-10-4-5-10/h10H,2-9H2,1H3,(H,15,16). The van der Waals surface area contributed by atoms with Crippen molar-refractivity contribution in [2.45, 2.75) is 32.6 Å². The molecular weight excluding hydrogens is 238 g/mol. The Labute approximate surface area is 107 Å². The third kappa shape index (κ3) is 6.56. The lowest BCUT2D eigenvalue weighted by atomic mass is 10.3. The Bertz CT molecular complexity index is 266. The molecule has 4 nitrogen and oxygen atoms in total. The molecule has 0 radical (unpaired) electrons. The van der Waals surface area contributed by atoms with Gasteiger partial charge in [-0.2, -0.15) is 11.8 Å². The van der Waals surface area contributed by atoms with Gasteiger partial charge in [-0.05, 0) is 30.9 Å². The number of aliphatic carboxylic acids is 1. The van der Waals surface area contributed by atoms with Gasteiger partial charge in [-0.15, -0.1) is 0 Å². The fourth-order valence-electron chi connectivity index (χ4n) is 1.53. The summed E-state index contributed by atoms with van der Waals surface area (Å²) in [6.45, 7) is 2.59. The Kier molecular flexibility index (Phi) is 6.40. The third-order valence-corrected chi connectivity index (χ3v) is 3.75. The number of rotatable bonds is 9. The lowest BCUT2D eigenvalue weighted by Crippen LogP contribution is -2.38. The summed E-state index contributed by atoms with van der Waals surface area (Å²) in [5.74, 6) is 0.990. The minimum absolute atomic E-state index is 0.0274. The Morgan fingerprint density at radius 3 is 2.65 bits per heavy atom. The molecule has 1 aliphatic rings. The largest absolute Gasteiger partial charge is 0.480 e. The van der Waals surface area contributed by atoms with E-state index in [0.29, 0.717) is 18.2 Å². The maximum atomic E-state index is 11.8. The summed E-state index contributed by atoms with van der Waals surface area (Å²) >= 11 is 1.60. The first-order valence-electron chi connectivity index (χ1n) is 6.20. The van der Waals surface area contributed by atoms with Gasteiger partial charge in [0.05, 0.1) is 5.75 Å². The maximum Gasteiger partial charge on any atom is 0.323 e. The van der Waals surface area contributed by atoms with E-state index in [1.165, 1.54) is 4.90 Å². The van der Waals surface area contributed by atoms with Crippen molar-refractivity contribution in [2.75, 3.05) is 24.6 Å². The van der Waals surface area contributed by atoms with Crippen molar-refractivity contribution in [1.29, 1.82) is 0 Å².